The maximum absolute atomic E-state index is 11.9. The Morgan fingerprint density at radius 2 is 1.94 bits per heavy atom. The molecule has 4 nitrogen and oxygen atoms in total. The number of hydrogen-bond donors (Lipinski definition) is 2. The third kappa shape index (κ3) is 2.19. The third-order valence-corrected chi connectivity index (χ3v) is 2.62. The van der Waals surface area contributed by atoms with Gasteiger partial charge in [0.1, 0.15) is 5.41 Å². The molecule has 1 fully saturated rings. The average molecular weight is 238 g/mol. The van der Waals surface area contributed by atoms with Crippen molar-refractivity contribution < 1.29 is 9.59 Å². The van der Waals surface area contributed by atoms with Crippen LogP contribution in [0.4, 0.5) is 0 Å². The summed E-state index contributed by atoms with van der Waals surface area (Å²) in [5.41, 5.74) is -0.393. The minimum atomic E-state index is -1.16. The van der Waals surface area contributed by atoms with E-state index in [1.807, 2.05) is 0 Å². The van der Waals surface area contributed by atoms with E-state index in [0.29, 0.717) is 6.42 Å². The lowest BCUT2D eigenvalue weighted by Gasteiger charge is -2.34. The van der Waals surface area contributed by atoms with E-state index >= 15 is 0 Å². The van der Waals surface area contributed by atoms with E-state index in [9.17, 15) is 9.59 Å². The summed E-state index contributed by atoms with van der Waals surface area (Å²) in [6.07, 6.45) is 2.11. The number of thiocarbonyl (C=S) groups is 1. The largest absolute Gasteiger partial charge is 0.302 e. The van der Waals surface area contributed by atoms with Gasteiger partial charge in [0.25, 0.3) is 0 Å². The van der Waals surface area contributed by atoms with Crippen LogP contribution >= 0.6 is 12.2 Å². The van der Waals surface area contributed by atoms with E-state index in [0.717, 1.165) is 5.57 Å². The normalized spacial score (nSPS) is 18.7. The molecule has 0 atom stereocenters. The van der Waals surface area contributed by atoms with Gasteiger partial charge in [0.15, 0.2) is 5.11 Å². The lowest BCUT2D eigenvalue weighted by Crippen LogP contribution is -2.62. The highest BCUT2D eigenvalue weighted by Crippen LogP contribution is 2.32. The van der Waals surface area contributed by atoms with Crippen LogP contribution in [-0.4, -0.2) is 16.9 Å². The van der Waals surface area contributed by atoms with Gasteiger partial charge in [-0.25, -0.2) is 0 Å². The molecule has 86 valence electrons. The Hall–Kier alpha value is -1.49. The first-order chi connectivity index (χ1) is 7.42. The summed E-state index contributed by atoms with van der Waals surface area (Å²) in [4.78, 5) is 23.8. The second-order valence-electron chi connectivity index (χ2n) is 3.95. The monoisotopic (exact) mass is 238 g/mol. The Morgan fingerprint density at radius 1 is 1.44 bits per heavy atom. The van der Waals surface area contributed by atoms with Crippen LogP contribution in [0.15, 0.2) is 24.8 Å². The Morgan fingerprint density at radius 3 is 2.31 bits per heavy atom. The number of carbonyl (C=O) groups is 2. The average Bonchev–Trinajstić information content (AvgIpc) is 2.13. The second-order valence-corrected chi connectivity index (χ2v) is 4.35. The van der Waals surface area contributed by atoms with E-state index in [2.05, 4.69) is 23.8 Å². The van der Waals surface area contributed by atoms with Crippen molar-refractivity contribution in [2.24, 2.45) is 5.41 Å². The summed E-state index contributed by atoms with van der Waals surface area (Å²) >= 11 is 4.75. The molecule has 2 N–H and O–H groups in total. The topological polar surface area (TPSA) is 58.2 Å². The SMILES string of the molecule is C=CCC1(CC(=C)C)C(=O)NC(=S)NC1=O. The molecule has 0 radical (unpaired) electrons. The maximum atomic E-state index is 11.9. The van der Waals surface area contributed by atoms with Crippen LogP contribution in [0, 0.1) is 5.41 Å². The van der Waals surface area contributed by atoms with Crippen LogP contribution in [-0.2, 0) is 9.59 Å². The fraction of sp³-hybridized carbons (Fsp3) is 0.364. The summed E-state index contributed by atoms with van der Waals surface area (Å²) in [6, 6.07) is 0. The highest BCUT2D eigenvalue weighted by Gasteiger charge is 2.48. The van der Waals surface area contributed by atoms with Gasteiger partial charge in [0.2, 0.25) is 11.8 Å². The van der Waals surface area contributed by atoms with Crippen LogP contribution in [0.25, 0.3) is 0 Å². The van der Waals surface area contributed by atoms with Crippen LogP contribution in [0.3, 0.4) is 0 Å². The van der Waals surface area contributed by atoms with Gasteiger partial charge < -0.3 is 10.6 Å². The molecule has 0 spiro atoms. The van der Waals surface area contributed by atoms with E-state index in [1.165, 1.54) is 0 Å². The quantitative estimate of drug-likeness (QED) is 0.437. The minimum absolute atomic E-state index is 0.0522. The molecule has 0 aromatic heterocycles. The van der Waals surface area contributed by atoms with Gasteiger partial charge in [-0.2, -0.15) is 0 Å². The second kappa shape index (κ2) is 4.57. The molecule has 5 heteroatoms. The van der Waals surface area contributed by atoms with Crippen molar-refractivity contribution in [2.45, 2.75) is 19.8 Å². The predicted molar refractivity (Wildman–Crippen MR) is 65.6 cm³/mol. The van der Waals surface area contributed by atoms with E-state index in [-0.39, 0.29) is 23.3 Å². The first-order valence-electron chi connectivity index (χ1n) is 4.84. The highest BCUT2D eigenvalue weighted by molar-refractivity contribution is 7.80. The number of amides is 2. The molecule has 0 saturated carbocycles. The minimum Gasteiger partial charge on any atom is -0.302 e. The van der Waals surface area contributed by atoms with Crippen LogP contribution in [0.2, 0.25) is 0 Å². The Kier molecular flexibility index (Phi) is 3.59. The molecule has 1 aliphatic heterocycles. The summed E-state index contributed by atoms with van der Waals surface area (Å²) in [7, 11) is 0. The molecule has 0 aliphatic carbocycles. The number of carbonyl (C=O) groups excluding carboxylic acids is 2. The molecule has 1 rings (SSSR count). The molecular weight excluding hydrogens is 224 g/mol. The number of rotatable bonds is 4. The van der Waals surface area contributed by atoms with Crippen molar-refractivity contribution in [1.29, 1.82) is 0 Å². The predicted octanol–water partition coefficient (Wildman–Crippen LogP) is 1.05. The number of hydrogen-bond acceptors (Lipinski definition) is 3. The van der Waals surface area contributed by atoms with Crippen molar-refractivity contribution in [1.82, 2.24) is 10.6 Å². The molecule has 1 heterocycles. The zero-order chi connectivity index (χ0) is 12.3. The molecule has 16 heavy (non-hydrogen) atoms. The molecule has 2 amide bonds. The smallest absolute Gasteiger partial charge is 0.242 e. The van der Waals surface area contributed by atoms with Crippen molar-refractivity contribution in [3.8, 4) is 0 Å². The summed E-state index contributed by atoms with van der Waals surface area (Å²) in [6.45, 7) is 9.09. The molecule has 0 bridgehead atoms. The molecule has 1 saturated heterocycles. The molecule has 0 aromatic rings. The van der Waals surface area contributed by atoms with Crippen molar-refractivity contribution in [3.63, 3.8) is 0 Å². The lowest BCUT2D eigenvalue weighted by molar-refractivity contribution is -0.143. The fourth-order valence-electron chi connectivity index (χ4n) is 1.76. The Labute approximate surface area is 99.8 Å². The standard InChI is InChI=1S/C11H14N2O2S/c1-4-5-11(6-7(2)3)8(14)12-10(16)13-9(11)15/h4H,1-2,5-6H2,3H3,(H2,12,13,14,15,16). The number of allylic oxidation sites excluding steroid dienone is 2. The van der Waals surface area contributed by atoms with Crippen LogP contribution < -0.4 is 10.6 Å². The molecular formula is C11H14N2O2S. The van der Waals surface area contributed by atoms with Gasteiger partial charge in [-0.15, -0.1) is 13.2 Å². The molecule has 1 aliphatic rings. The van der Waals surface area contributed by atoms with Gasteiger partial charge in [-0.1, -0.05) is 11.6 Å². The van der Waals surface area contributed by atoms with Gasteiger partial charge in [0, 0.05) is 0 Å². The Balaban J connectivity index is 3.10. The number of nitrogens with one attached hydrogen (secondary N) is 2. The zero-order valence-corrected chi connectivity index (χ0v) is 9.95. The first kappa shape index (κ1) is 12.6. The molecule has 0 aromatic carbocycles. The summed E-state index contributed by atoms with van der Waals surface area (Å²) in [5.74, 6) is -0.770. The van der Waals surface area contributed by atoms with Gasteiger partial charge in [0.05, 0.1) is 0 Å². The van der Waals surface area contributed by atoms with Crippen molar-refractivity contribution >= 4 is 29.1 Å². The zero-order valence-electron chi connectivity index (χ0n) is 9.13. The van der Waals surface area contributed by atoms with Crippen LogP contribution in [0.1, 0.15) is 19.8 Å². The van der Waals surface area contributed by atoms with Crippen molar-refractivity contribution in [2.75, 3.05) is 0 Å². The van der Waals surface area contributed by atoms with Crippen LogP contribution in [0.5, 0.6) is 0 Å². The third-order valence-electron chi connectivity index (χ3n) is 2.42. The van der Waals surface area contributed by atoms with Gasteiger partial charge in [-0.05, 0) is 32.0 Å². The van der Waals surface area contributed by atoms with Gasteiger partial charge >= 0.3 is 0 Å². The first-order valence-corrected chi connectivity index (χ1v) is 5.25. The summed E-state index contributed by atoms with van der Waals surface area (Å²) < 4.78 is 0. The highest BCUT2D eigenvalue weighted by atomic mass is 32.1. The maximum Gasteiger partial charge on any atom is 0.242 e. The van der Waals surface area contributed by atoms with Gasteiger partial charge in [-0.3, -0.25) is 9.59 Å². The fourth-order valence-corrected chi connectivity index (χ4v) is 1.94. The lowest BCUT2D eigenvalue weighted by atomic mass is 9.76. The molecule has 0 unspecified atom stereocenters. The Bertz CT molecular complexity index is 367. The summed E-state index contributed by atoms with van der Waals surface area (Å²) in [5, 5.41) is 4.98. The van der Waals surface area contributed by atoms with E-state index in [1.54, 1.807) is 13.0 Å². The van der Waals surface area contributed by atoms with E-state index in [4.69, 9.17) is 12.2 Å². The van der Waals surface area contributed by atoms with Crippen molar-refractivity contribution in [3.05, 3.63) is 24.8 Å². The van der Waals surface area contributed by atoms with E-state index < -0.39 is 5.41 Å².